The zero-order chi connectivity index (χ0) is 18.3. The van der Waals surface area contributed by atoms with Gasteiger partial charge in [0, 0.05) is 5.69 Å². The summed E-state index contributed by atoms with van der Waals surface area (Å²) in [5.41, 5.74) is 9.41. The van der Waals surface area contributed by atoms with E-state index < -0.39 is 28.9 Å². The highest BCUT2D eigenvalue weighted by molar-refractivity contribution is 5.66. The van der Waals surface area contributed by atoms with Crippen LogP contribution in [0.1, 0.15) is 11.1 Å². The number of benzene rings is 2. The number of anilines is 3. The molecule has 0 saturated heterocycles. The second kappa shape index (κ2) is 5.50. The van der Waals surface area contributed by atoms with Gasteiger partial charge in [-0.05, 0) is 35.4 Å². The van der Waals surface area contributed by atoms with Gasteiger partial charge in [-0.25, -0.2) is 0 Å². The topological polar surface area (TPSA) is 78.1 Å². The van der Waals surface area contributed by atoms with Gasteiger partial charge >= 0.3 is 12.4 Å². The molecule has 0 aliphatic heterocycles. The van der Waals surface area contributed by atoms with E-state index >= 15 is 0 Å². The van der Waals surface area contributed by atoms with Crippen molar-refractivity contribution in [2.24, 2.45) is 0 Å². The number of nitrogens with two attached hydrogens (primary N) is 3. The van der Waals surface area contributed by atoms with Crippen molar-refractivity contribution >= 4 is 17.1 Å². The van der Waals surface area contributed by atoms with Crippen LogP contribution in [0.3, 0.4) is 0 Å². The molecular formula is C15H13F6N3. The van der Waals surface area contributed by atoms with Crippen molar-refractivity contribution in [3.05, 3.63) is 53.6 Å². The first-order valence-electron chi connectivity index (χ1n) is 6.56. The second-order valence-electron chi connectivity index (χ2n) is 5.21. The third kappa shape index (κ3) is 2.59. The van der Waals surface area contributed by atoms with E-state index in [9.17, 15) is 26.3 Å². The summed E-state index contributed by atoms with van der Waals surface area (Å²) < 4.78 is 82.5. The molecule has 0 spiro atoms. The summed E-state index contributed by atoms with van der Waals surface area (Å²) >= 11 is 0. The van der Waals surface area contributed by atoms with E-state index in [0.29, 0.717) is 24.3 Å². The van der Waals surface area contributed by atoms with Crippen molar-refractivity contribution in [2.45, 2.75) is 17.8 Å². The monoisotopic (exact) mass is 349 g/mol. The Kier molecular flexibility index (Phi) is 4.07. The lowest BCUT2D eigenvalue weighted by Crippen LogP contribution is -2.54. The van der Waals surface area contributed by atoms with Gasteiger partial charge in [0.1, 0.15) is 0 Å². The molecule has 0 fully saturated rings. The number of alkyl halides is 6. The molecule has 0 aromatic heterocycles. The molecule has 0 bridgehead atoms. The number of rotatable bonds is 2. The molecular weight excluding hydrogens is 336 g/mol. The number of hydrogen-bond donors (Lipinski definition) is 3. The van der Waals surface area contributed by atoms with Gasteiger partial charge in [-0.15, -0.1) is 0 Å². The van der Waals surface area contributed by atoms with Crippen molar-refractivity contribution in [3.8, 4) is 0 Å². The summed E-state index contributed by atoms with van der Waals surface area (Å²) in [4.78, 5) is 0. The lowest BCUT2D eigenvalue weighted by Gasteiger charge is -2.38. The molecule has 2 rings (SSSR count). The van der Waals surface area contributed by atoms with Gasteiger partial charge in [0.15, 0.2) is 0 Å². The molecule has 0 aliphatic carbocycles. The molecule has 0 amide bonds. The Morgan fingerprint density at radius 1 is 0.583 bits per heavy atom. The third-order valence-corrected chi connectivity index (χ3v) is 3.71. The van der Waals surface area contributed by atoms with Crippen molar-refractivity contribution in [1.29, 1.82) is 0 Å². The molecule has 130 valence electrons. The minimum atomic E-state index is -5.68. The maximum atomic E-state index is 13.8. The number of hydrogen-bond acceptors (Lipinski definition) is 3. The molecule has 0 atom stereocenters. The van der Waals surface area contributed by atoms with Crippen LogP contribution in [0.15, 0.2) is 42.5 Å². The van der Waals surface area contributed by atoms with Crippen LogP contribution in [-0.2, 0) is 5.41 Å². The van der Waals surface area contributed by atoms with Gasteiger partial charge in [0.25, 0.3) is 0 Å². The van der Waals surface area contributed by atoms with Crippen LogP contribution in [0, 0.1) is 0 Å². The smallest absolute Gasteiger partial charge is 0.399 e. The Morgan fingerprint density at radius 3 is 1.46 bits per heavy atom. The fraction of sp³-hybridized carbons (Fsp3) is 0.200. The highest BCUT2D eigenvalue weighted by Gasteiger charge is 2.72. The number of nitrogen functional groups attached to an aromatic ring is 3. The van der Waals surface area contributed by atoms with Crippen molar-refractivity contribution < 1.29 is 26.3 Å². The molecule has 0 saturated carbocycles. The molecule has 9 heteroatoms. The first-order valence-corrected chi connectivity index (χ1v) is 6.56. The summed E-state index contributed by atoms with van der Waals surface area (Å²) in [5, 5.41) is 0. The predicted molar refractivity (Wildman–Crippen MR) is 79.0 cm³/mol. The van der Waals surface area contributed by atoms with Crippen molar-refractivity contribution in [2.75, 3.05) is 17.2 Å². The Bertz CT molecular complexity index is 720. The fourth-order valence-electron chi connectivity index (χ4n) is 2.52. The van der Waals surface area contributed by atoms with Gasteiger partial charge in [0.05, 0.1) is 11.4 Å². The van der Waals surface area contributed by atoms with Gasteiger partial charge in [-0.2, -0.15) is 26.3 Å². The summed E-state index contributed by atoms with van der Waals surface area (Å²) in [6.45, 7) is 0. The van der Waals surface area contributed by atoms with Crippen LogP contribution in [-0.4, -0.2) is 12.4 Å². The zero-order valence-corrected chi connectivity index (χ0v) is 12.0. The second-order valence-corrected chi connectivity index (χ2v) is 5.21. The van der Waals surface area contributed by atoms with Crippen LogP contribution >= 0.6 is 0 Å². The van der Waals surface area contributed by atoms with Gasteiger partial charge < -0.3 is 17.2 Å². The predicted octanol–water partition coefficient (Wildman–Crippen LogP) is 3.84. The SMILES string of the molecule is Nc1ccc(C(c2ccc(N)c(N)c2)(C(F)(F)F)C(F)(F)F)cc1. The molecule has 6 N–H and O–H groups in total. The lowest BCUT2D eigenvalue weighted by atomic mass is 9.72. The third-order valence-electron chi connectivity index (χ3n) is 3.71. The molecule has 3 nitrogen and oxygen atoms in total. The highest BCUT2D eigenvalue weighted by Crippen LogP contribution is 2.56. The quantitative estimate of drug-likeness (QED) is 0.569. The summed E-state index contributed by atoms with van der Waals surface area (Å²) in [6, 6.07) is 5.51. The normalized spacial score (nSPS) is 13.1. The number of halogens is 6. The summed E-state index contributed by atoms with van der Waals surface area (Å²) in [7, 11) is 0. The molecule has 0 aliphatic rings. The van der Waals surface area contributed by atoms with Crippen LogP contribution in [0.2, 0.25) is 0 Å². The fourth-order valence-corrected chi connectivity index (χ4v) is 2.52. The van der Waals surface area contributed by atoms with E-state index in [-0.39, 0.29) is 17.1 Å². The molecule has 2 aromatic carbocycles. The largest absolute Gasteiger partial charge is 0.411 e. The maximum Gasteiger partial charge on any atom is 0.411 e. The van der Waals surface area contributed by atoms with Crippen LogP contribution < -0.4 is 17.2 Å². The average molecular weight is 349 g/mol. The molecule has 0 unspecified atom stereocenters. The molecule has 0 radical (unpaired) electrons. The van der Waals surface area contributed by atoms with Gasteiger partial charge in [-0.3, -0.25) is 0 Å². The minimum Gasteiger partial charge on any atom is -0.399 e. The van der Waals surface area contributed by atoms with E-state index in [0.717, 1.165) is 18.2 Å². The van der Waals surface area contributed by atoms with Crippen LogP contribution in [0.4, 0.5) is 43.4 Å². The summed E-state index contributed by atoms with van der Waals surface area (Å²) in [5.74, 6) is 0. The van der Waals surface area contributed by atoms with E-state index in [1.807, 2.05) is 0 Å². The lowest BCUT2D eigenvalue weighted by molar-refractivity contribution is -0.288. The molecule has 24 heavy (non-hydrogen) atoms. The molecule has 2 aromatic rings. The van der Waals surface area contributed by atoms with Crippen LogP contribution in [0.25, 0.3) is 0 Å². The molecule has 0 heterocycles. The van der Waals surface area contributed by atoms with E-state index in [1.54, 1.807) is 0 Å². The van der Waals surface area contributed by atoms with Gasteiger partial charge in [-0.1, -0.05) is 18.2 Å². The Labute approximate surface area is 133 Å². The van der Waals surface area contributed by atoms with Crippen LogP contribution in [0.5, 0.6) is 0 Å². The zero-order valence-electron chi connectivity index (χ0n) is 12.0. The standard InChI is InChI=1S/C15H13F6N3/c16-14(17,18)13(15(19,20)21,8-1-4-10(22)5-2-8)9-3-6-11(23)12(24)7-9/h1-7H,22-24H2. The maximum absolute atomic E-state index is 13.8. The minimum absolute atomic E-state index is 0.0359. The highest BCUT2D eigenvalue weighted by atomic mass is 19.4. The van der Waals surface area contributed by atoms with Crippen molar-refractivity contribution in [3.63, 3.8) is 0 Å². The first-order chi connectivity index (χ1) is 10.9. The Balaban J connectivity index is 2.91. The van der Waals surface area contributed by atoms with E-state index in [4.69, 9.17) is 17.2 Å². The van der Waals surface area contributed by atoms with Crippen molar-refractivity contribution in [1.82, 2.24) is 0 Å². The van der Waals surface area contributed by atoms with E-state index in [2.05, 4.69) is 0 Å². The van der Waals surface area contributed by atoms with E-state index in [1.165, 1.54) is 0 Å². The Hall–Kier alpha value is -2.58. The average Bonchev–Trinajstić information content (AvgIpc) is 2.42. The Morgan fingerprint density at radius 2 is 1.04 bits per heavy atom. The first kappa shape index (κ1) is 17.8. The summed E-state index contributed by atoms with van der Waals surface area (Å²) in [6.07, 6.45) is -11.4. The van der Waals surface area contributed by atoms with Gasteiger partial charge in [0.2, 0.25) is 5.41 Å².